The van der Waals surface area contributed by atoms with E-state index in [4.69, 9.17) is 5.73 Å². The third kappa shape index (κ3) is 6.05. The van der Waals surface area contributed by atoms with Crippen molar-refractivity contribution in [2.24, 2.45) is 5.73 Å². The maximum absolute atomic E-state index is 12.8. The maximum Gasteiger partial charge on any atom is 0.280 e. The Morgan fingerprint density at radius 2 is 1.74 bits per heavy atom. The highest BCUT2D eigenvalue weighted by Gasteiger charge is 2.18. The topological polar surface area (TPSA) is 119 Å². The summed E-state index contributed by atoms with van der Waals surface area (Å²) < 4.78 is 0. The van der Waals surface area contributed by atoms with Gasteiger partial charge in [0.25, 0.3) is 11.6 Å². The number of nitro groups is 1. The summed E-state index contributed by atoms with van der Waals surface area (Å²) in [6.07, 6.45) is 1.22. The van der Waals surface area contributed by atoms with Gasteiger partial charge in [0.05, 0.1) is 16.2 Å². The summed E-state index contributed by atoms with van der Waals surface area (Å²) in [5.41, 5.74) is 12.9. The van der Waals surface area contributed by atoms with Crippen molar-refractivity contribution in [2.45, 2.75) is 33.2 Å². The first-order valence-corrected chi connectivity index (χ1v) is 11.0. The number of hydrazine groups is 1. The minimum atomic E-state index is -0.546. The zero-order valence-electron chi connectivity index (χ0n) is 19.3. The number of benzene rings is 3. The Hall–Kier alpha value is -4.04. The van der Waals surface area contributed by atoms with Gasteiger partial charge in [0.15, 0.2) is 5.78 Å². The zero-order valence-corrected chi connectivity index (χ0v) is 19.3. The van der Waals surface area contributed by atoms with Crippen LogP contribution in [0.4, 0.5) is 11.4 Å². The third-order valence-electron chi connectivity index (χ3n) is 5.54. The number of carbonyl (C=O) groups is 2. The van der Waals surface area contributed by atoms with Gasteiger partial charge >= 0.3 is 0 Å². The third-order valence-corrected chi connectivity index (χ3v) is 5.54. The molecule has 0 aromatic heterocycles. The number of Topliss-reactive ketones (excluding diaryl/α,β-unsaturated/α-hetero) is 1. The molecule has 0 atom stereocenters. The average Bonchev–Trinajstić information content (AvgIpc) is 2.83. The van der Waals surface area contributed by atoms with Crippen LogP contribution in [0, 0.1) is 17.0 Å². The van der Waals surface area contributed by atoms with Crippen LogP contribution in [0.2, 0.25) is 0 Å². The van der Waals surface area contributed by atoms with Crippen molar-refractivity contribution in [3.8, 4) is 0 Å². The first-order valence-electron chi connectivity index (χ1n) is 11.0. The lowest BCUT2D eigenvalue weighted by Gasteiger charge is -2.27. The predicted octanol–water partition coefficient (Wildman–Crippen LogP) is 4.35. The Labute approximate surface area is 198 Å². The minimum Gasteiger partial charge on any atom is -0.326 e. The summed E-state index contributed by atoms with van der Waals surface area (Å²) >= 11 is 0. The van der Waals surface area contributed by atoms with E-state index in [0.29, 0.717) is 31.5 Å². The molecule has 1 amide bonds. The van der Waals surface area contributed by atoms with Gasteiger partial charge in [0, 0.05) is 24.7 Å². The summed E-state index contributed by atoms with van der Waals surface area (Å²) in [4.78, 5) is 35.4. The number of anilines is 1. The second kappa shape index (κ2) is 11.2. The average molecular weight is 461 g/mol. The van der Waals surface area contributed by atoms with Crippen molar-refractivity contribution in [1.82, 2.24) is 5.43 Å². The fraction of sp³-hybridized carbons (Fsp3) is 0.231. The van der Waals surface area contributed by atoms with Crippen molar-refractivity contribution in [3.63, 3.8) is 0 Å². The van der Waals surface area contributed by atoms with E-state index < -0.39 is 4.92 Å². The van der Waals surface area contributed by atoms with Crippen molar-refractivity contribution in [3.05, 3.63) is 105 Å². The standard InChI is InChI=1S/C26H28N4O4/c1-18-15-21(17-27)11-12-24(18)29(28-26(32)22-8-4-3-5-9-22)14-6-7-20-10-13-25(30(33)34)23(16-20)19(2)31/h3-5,8-13,15-16H,6-7,14,17,27H2,1-2H3,(H,28,32). The number of hydrogen-bond donors (Lipinski definition) is 2. The number of amides is 1. The van der Waals surface area contributed by atoms with Gasteiger partial charge in [0.2, 0.25) is 0 Å². The lowest BCUT2D eigenvalue weighted by atomic mass is 10.0. The van der Waals surface area contributed by atoms with E-state index in [9.17, 15) is 19.7 Å². The molecule has 0 bridgehead atoms. The summed E-state index contributed by atoms with van der Waals surface area (Å²) in [6, 6.07) is 19.4. The van der Waals surface area contributed by atoms with E-state index in [-0.39, 0.29) is 22.9 Å². The van der Waals surface area contributed by atoms with Gasteiger partial charge in [-0.05, 0) is 67.6 Å². The van der Waals surface area contributed by atoms with Crippen molar-refractivity contribution in [1.29, 1.82) is 0 Å². The summed E-state index contributed by atoms with van der Waals surface area (Å²) in [5, 5.41) is 13.0. The van der Waals surface area contributed by atoms with Crippen LogP contribution in [0.15, 0.2) is 66.7 Å². The fourth-order valence-electron chi connectivity index (χ4n) is 3.78. The van der Waals surface area contributed by atoms with Gasteiger partial charge in [0.1, 0.15) is 0 Å². The molecule has 0 unspecified atom stereocenters. The summed E-state index contributed by atoms with van der Waals surface area (Å²) in [7, 11) is 0. The molecule has 0 fully saturated rings. The molecule has 8 nitrogen and oxygen atoms in total. The van der Waals surface area contributed by atoms with Crippen LogP contribution < -0.4 is 16.2 Å². The summed E-state index contributed by atoms with van der Waals surface area (Å²) in [5.74, 6) is -0.571. The number of hydrogen-bond acceptors (Lipinski definition) is 6. The first-order chi connectivity index (χ1) is 16.3. The van der Waals surface area contributed by atoms with Crippen molar-refractivity contribution >= 4 is 23.1 Å². The molecular formula is C26H28N4O4. The summed E-state index contributed by atoms with van der Waals surface area (Å²) in [6.45, 7) is 4.20. The van der Waals surface area contributed by atoms with Crippen LogP contribution in [0.1, 0.15) is 50.8 Å². The molecule has 0 radical (unpaired) electrons. The number of ketones is 1. The molecule has 3 N–H and O–H groups in total. The molecule has 0 saturated carbocycles. The highest BCUT2D eigenvalue weighted by molar-refractivity contribution is 5.98. The lowest BCUT2D eigenvalue weighted by Crippen LogP contribution is -2.43. The van der Waals surface area contributed by atoms with Crippen LogP contribution in [-0.4, -0.2) is 23.2 Å². The number of nitrogens with zero attached hydrogens (tertiary/aromatic N) is 2. The zero-order chi connectivity index (χ0) is 24.7. The molecule has 0 spiro atoms. The number of carbonyl (C=O) groups excluding carboxylic acids is 2. The van der Waals surface area contributed by atoms with Gasteiger partial charge in [-0.25, -0.2) is 0 Å². The lowest BCUT2D eigenvalue weighted by molar-refractivity contribution is -0.385. The van der Waals surface area contributed by atoms with E-state index in [2.05, 4.69) is 5.43 Å². The van der Waals surface area contributed by atoms with Gasteiger partial charge in [-0.1, -0.05) is 36.4 Å². The first kappa shape index (κ1) is 24.6. The highest BCUT2D eigenvalue weighted by Crippen LogP contribution is 2.23. The van der Waals surface area contributed by atoms with E-state index in [1.54, 1.807) is 24.3 Å². The van der Waals surface area contributed by atoms with Crippen LogP contribution in [0.25, 0.3) is 0 Å². The number of rotatable bonds is 10. The molecule has 3 rings (SSSR count). The van der Waals surface area contributed by atoms with Crippen molar-refractivity contribution in [2.75, 3.05) is 11.6 Å². The molecule has 0 aliphatic rings. The molecule has 0 aliphatic carbocycles. The normalized spacial score (nSPS) is 10.6. The predicted molar refractivity (Wildman–Crippen MR) is 132 cm³/mol. The maximum atomic E-state index is 12.8. The largest absolute Gasteiger partial charge is 0.326 e. The minimum absolute atomic E-state index is 0.102. The smallest absolute Gasteiger partial charge is 0.280 e. The molecular weight excluding hydrogens is 432 g/mol. The molecule has 0 aliphatic heterocycles. The van der Waals surface area contributed by atoms with Gasteiger partial charge in [-0.2, -0.15) is 0 Å². The highest BCUT2D eigenvalue weighted by atomic mass is 16.6. The molecule has 3 aromatic carbocycles. The molecule has 8 heteroatoms. The molecule has 0 saturated heterocycles. The Kier molecular flexibility index (Phi) is 8.10. The van der Waals surface area contributed by atoms with Crippen molar-refractivity contribution < 1.29 is 14.5 Å². The number of aryl methyl sites for hydroxylation is 2. The number of nitro benzene ring substituents is 1. The Morgan fingerprint density at radius 1 is 1.03 bits per heavy atom. The van der Waals surface area contributed by atoms with Gasteiger partial charge in [-0.3, -0.25) is 30.1 Å². The SMILES string of the molecule is CC(=O)c1cc(CCCN(NC(=O)c2ccccc2)c2ccc(CN)cc2C)ccc1[N+](=O)[O-]. The molecule has 34 heavy (non-hydrogen) atoms. The van der Waals surface area contributed by atoms with Gasteiger partial charge < -0.3 is 5.73 Å². The quantitative estimate of drug-likeness (QED) is 0.264. The second-order valence-corrected chi connectivity index (χ2v) is 8.05. The Balaban J connectivity index is 1.79. The number of nitrogens with one attached hydrogen (secondary N) is 1. The monoisotopic (exact) mass is 460 g/mol. The molecule has 3 aromatic rings. The van der Waals surface area contributed by atoms with Crippen LogP contribution in [0.5, 0.6) is 0 Å². The van der Waals surface area contributed by atoms with E-state index >= 15 is 0 Å². The van der Waals surface area contributed by atoms with E-state index in [0.717, 1.165) is 22.4 Å². The Bertz CT molecular complexity index is 1190. The molecule has 0 heterocycles. The molecule has 176 valence electrons. The Morgan fingerprint density at radius 3 is 2.35 bits per heavy atom. The number of nitrogens with two attached hydrogens (primary N) is 1. The van der Waals surface area contributed by atoms with Crippen LogP contribution in [-0.2, 0) is 13.0 Å². The fourth-order valence-corrected chi connectivity index (χ4v) is 3.78. The second-order valence-electron chi connectivity index (χ2n) is 8.05. The van der Waals surface area contributed by atoms with E-state index in [1.165, 1.54) is 13.0 Å². The van der Waals surface area contributed by atoms with Crippen LogP contribution >= 0.6 is 0 Å². The van der Waals surface area contributed by atoms with Gasteiger partial charge in [-0.15, -0.1) is 0 Å². The van der Waals surface area contributed by atoms with Crippen LogP contribution in [0.3, 0.4) is 0 Å². The van der Waals surface area contributed by atoms with E-state index in [1.807, 2.05) is 48.3 Å².